The summed E-state index contributed by atoms with van der Waals surface area (Å²) in [6, 6.07) is 16.4. The quantitative estimate of drug-likeness (QED) is 0.897. The Morgan fingerprint density at radius 3 is 2.81 bits per heavy atom. The van der Waals surface area contributed by atoms with Crippen molar-refractivity contribution in [3.63, 3.8) is 0 Å². The molecule has 1 saturated heterocycles. The van der Waals surface area contributed by atoms with Crippen molar-refractivity contribution in [1.82, 2.24) is 15.1 Å². The molecule has 0 spiro atoms. The summed E-state index contributed by atoms with van der Waals surface area (Å²) in [4.78, 5) is 16.3. The SMILES string of the molecule is COc1ccccc1C1CNCCN1Cc1cccc(C(=O)N(C)C)c1. The lowest BCUT2D eigenvalue weighted by atomic mass is 10.0. The number of ether oxygens (including phenoxy) is 1. The number of piperazine rings is 1. The standard InChI is InChI=1S/C21H27N3O2/c1-23(2)21(25)17-8-6-7-16(13-17)15-24-12-11-22-14-19(24)18-9-4-5-10-20(18)26-3/h4-10,13,19,22H,11-12,14-15H2,1-3H3. The second kappa shape index (κ2) is 8.34. The van der Waals surface area contributed by atoms with Crippen LogP contribution in [-0.4, -0.2) is 56.5 Å². The van der Waals surface area contributed by atoms with Crippen molar-refractivity contribution in [2.45, 2.75) is 12.6 Å². The van der Waals surface area contributed by atoms with Crippen LogP contribution in [0.25, 0.3) is 0 Å². The summed E-state index contributed by atoms with van der Waals surface area (Å²) >= 11 is 0. The maximum absolute atomic E-state index is 12.2. The third-order valence-electron chi connectivity index (χ3n) is 4.82. The van der Waals surface area contributed by atoms with Crippen LogP contribution in [0.3, 0.4) is 0 Å². The maximum Gasteiger partial charge on any atom is 0.253 e. The molecule has 0 bridgehead atoms. The molecule has 5 nitrogen and oxygen atoms in total. The average Bonchev–Trinajstić information content (AvgIpc) is 2.68. The predicted molar refractivity (Wildman–Crippen MR) is 103 cm³/mol. The van der Waals surface area contributed by atoms with E-state index in [1.165, 1.54) is 5.56 Å². The predicted octanol–water partition coefficient (Wildman–Crippen LogP) is 2.54. The van der Waals surface area contributed by atoms with Crippen LogP contribution in [0.2, 0.25) is 0 Å². The highest BCUT2D eigenvalue weighted by Gasteiger charge is 2.26. The van der Waals surface area contributed by atoms with E-state index in [2.05, 4.69) is 28.4 Å². The fourth-order valence-electron chi connectivity index (χ4n) is 3.48. The number of benzene rings is 2. The van der Waals surface area contributed by atoms with E-state index in [0.29, 0.717) is 0 Å². The van der Waals surface area contributed by atoms with Crippen LogP contribution in [-0.2, 0) is 6.54 Å². The van der Waals surface area contributed by atoms with Gasteiger partial charge in [-0.2, -0.15) is 0 Å². The molecule has 26 heavy (non-hydrogen) atoms. The lowest BCUT2D eigenvalue weighted by Gasteiger charge is -2.37. The van der Waals surface area contributed by atoms with Gasteiger partial charge in [-0.3, -0.25) is 9.69 Å². The molecule has 2 aromatic carbocycles. The minimum Gasteiger partial charge on any atom is -0.496 e. The van der Waals surface area contributed by atoms with Crippen molar-refractivity contribution < 1.29 is 9.53 Å². The molecule has 1 unspecified atom stereocenters. The van der Waals surface area contributed by atoms with Crippen LogP contribution in [0, 0.1) is 0 Å². The number of amides is 1. The van der Waals surface area contributed by atoms with Crippen LogP contribution in [0.1, 0.15) is 27.5 Å². The van der Waals surface area contributed by atoms with Crippen molar-refractivity contribution >= 4 is 5.91 Å². The smallest absolute Gasteiger partial charge is 0.253 e. The minimum atomic E-state index is 0.0356. The first-order valence-electron chi connectivity index (χ1n) is 8.98. The monoisotopic (exact) mass is 353 g/mol. The van der Waals surface area contributed by atoms with Crippen LogP contribution in [0.15, 0.2) is 48.5 Å². The molecular formula is C21H27N3O2. The number of para-hydroxylation sites is 1. The van der Waals surface area contributed by atoms with Gasteiger partial charge in [0.25, 0.3) is 5.91 Å². The molecule has 2 aromatic rings. The Labute approximate surface area is 155 Å². The van der Waals surface area contributed by atoms with Gasteiger partial charge in [-0.25, -0.2) is 0 Å². The summed E-state index contributed by atoms with van der Waals surface area (Å²) in [5.74, 6) is 0.955. The zero-order valence-electron chi connectivity index (χ0n) is 15.7. The second-order valence-electron chi connectivity index (χ2n) is 6.83. The van der Waals surface area contributed by atoms with Crippen LogP contribution >= 0.6 is 0 Å². The highest BCUT2D eigenvalue weighted by atomic mass is 16.5. The van der Waals surface area contributed by atoms with Gasteiger partial charge in [0, 0.05) is 51.4 Å². The Morgan fingerprint density at radius 1 is 1.23 bits per heavy atom. The van der Waals surface area contributed by atoms with Crippen LogP contribution in [0.4, 0.5) is 0 Å². The second-order valence-corrected chi connectivity index (χ2v) is 6.83. The van der Waals surface area contributed by atoms with Crippen LogP contribution < -0.4 is 10.1 Å². The Kier molecular flexibility index (Phi) is 5.91. The van der Waals surface area contributed by atoms with E-state index < -0.39 is 0 Å². The first kappa shape index (κ1) is 18.4. The largest absolute Gasteiger partial charge is 0.496 e. The van der Waals surface area contributed by atoms with Gasteiger partial charge in [-0.1, -0.05) is 30.3 Å². The number of hydrogen-bond acceptors (Lipinski definition) is 4. The van der Waals surface area contributed by atoms with E-state index >= 15 is 0 Å². The molecule has 1 aliphatic heterocycles. The average molecular weight is 353 g/mol. The highest BCUT2D eigenvalue weighted by molar-refractivity contribution is 5.94. The molecule has 1 amide bonds. The molecule has 1 heterocycles. The zero-order chi connectivity index (χ0) is 18.5. The van der Waals surface area contributed by atoms with E-state index in [-0.39, 0.29) is 11.9 Å². The minimum absolute atomic E-state index is 0.0356. The number of nitrogens with zero attached hydrogens (tertiary/aromatic N) is 2. The van der Waals surface area contributed by atoms with Gasteiger partial charge in [-0.05, 0) is 23.8 Å². The van der Waals surface area contributed by atoms with Gasteiger partial charge in [0.1, 0.15) is 5.75 Å². The molecule has 1 fully saturated rings. The van der Waals surface area contributed by atoms with Gasteiger partial charge in [0.2, 0.25) is 0 Å². The Bertz CT molecular complexity index is 760. The molecule has 1 aliphatic rings. The lowest BCUT2D eigenvalue weighted by Crippen LogP contribution is -2.45. The molecule has 0 radical (unpaired) electrons. The van der Waals surface area contributed by atoms with Crippen molar-refractivity contribution in [3.8, 4) is 5.75 Å². The van der Waals surface area contributed by atoms with E-state index in [0.717, 1.165) is 43.1 Å². The van der Waals surface area contributed by atoms with Gasteiger partial charge in [-0.15, -0.1) is 0 Å². The van der Waals surface area contributed by atoms with E-state index in [4.69, 9.17) is 4.74 Å². The molecule has 0 aliphatic carbocycles. The third-order valence-corrected chi connectivity index (χ3v) is 4.82. The Balaban J connectivity index is 1.83. The lowest BCUT2D eigenvalue weighted by molar-refractivity contribution is 0.0827. The van der Waals surface area contributed by atoms with Crippen molar-refractivity contribution in [2.24, 2.45) is 0 Å². The normalized spacial score (nSPS) is 17.7. The summed E-state index contributed by atoms with van der Waals surface area (Å²) < 4.78 is 5.57. The number of rotatable bonds is 5. The Hall–Kier alpha value is -2.37. The van der Waals surface area contributed by atoms with Gasteiger partial charge in [0.05, 0.1) is 13.2 Å². The number of nitrogens with one attached hydrogen (secondary N) is 1. The molecule has 0 aromatic heterocycles. The topological polar surface area (TPSA) is 44.8 Å². The van der Waals surface area contributed by atoms with E-state index in [1.807, 2.05) is 30.3 Å². The number of hydrogen-bond donors (Lipinski definition) is 1. The third kappa shape index (κ3) is 4.06. The maximum atomic E-state index is 12.2. The summed E-state index contributed by atoms with van der Waals surface area (Å²) in [6.07, 6.45) is 0. The fraction of sp³-hybridized carbons (Fsp3) is 0.381. The van der Waals surface area contributed by atoms with Crippen molar-refractivity contribution in [2.75, 3.05) is 40.8 Å². The molecule has 1 N–H and O–H groups in total. The summed E-state index contributed by atoms with van der Waals surface area (Å²) in [7, 11) is 5.28. The van der Waals surface area contributed by atoms with E-state index in [9.17, 15) is 4.79 Å². The molecule has 0 saturated carbocycles. The van der Waals surface area contributed by atoms with E-state index in [1.54, 1.807) is 26.1 Å². The molecular weight excluding hydrogens is 326 g/mol. The summed E-state index contributed by atoms with van der Waals surface area (Å²) in [6.45, 7) is 3.60. The molecule has 1 atom stereocenters. The molecule has 138 valence electrons. The zero-order valence-corrected chi connectivity index (χ0v) is 15.7. The number of carbonyl (C=O) groups is 1. The number of carbonyl (C=O) groups excluding carboxylic acids is 1. The summed E-state index contributed by atoms with van der Waals surface area (Å²) in [5.41, 5.74) is 3.08. The van der Waals surface area contributed by atoms with Gasteiger partial charge >= 0.3 is 0 Å². The first-order chi connectivity index (χ1) is 12.6. The van der Waals surface area contributed by atoms with Crippen molar-refractivity contribution in [3.05, 3.63) is 65.2 Å². The summed E-state index contributed by atoms with van der Waals surface area (Å²) in [5, 5.41) is 3.49. The highest BCUT2D eigenvalue weighted by Crippen LogP contribution is 2.31. The molecule has 3 rings (SSSR count). The van der Waals surface area contributed by atoms with Gasteiger partial charge in [0.15, 0.2) is 0 Å². The van der Waals surface area contributed by atoms with Gasteiger partial charge < -0.3 is 15.0 Å². The van der Waals surface area contributed by atoms with Crippen molar-refractivity contribution in [1.29, 1.82) is 0 Å². The van der Waals surface area contributed by atoms with Crippen LogP contribution in [0.5, 0.6) is 5.75 Å². The Morgan fingerprint density at radius 2 is 2.04 bits per heavy atom. The number of methoxy groups -OCH3 is 1. The fourth-order valence-corrected chi connectivity index (χ4v) is 3.48. The molecule has 5 heteroatoms. The first-order valence-corrected chi connectivity index (χ1v) is 8.98.